The van der Waals surface area contributed by atoms with Crippen LogP contribution in [0, 0.1) is 0 Å². The lowest BCUT2D eigenvalue weighted by Gasteiger charge is -2.07. The number of rotatable bonds is 3. The van der Waals surface area contributed by atoms with Crippen molar-refractivity contribution < 1.29 is 13.2 Å². The van der Waals surface area contributed by atoms with Gasteiger partial charge in [-0.2, -0.15) is 13.2 Å². The topological polar surface area (TPSA) is 54.5 Å². The first-order chi connectivity index (χ1) is 9.27. The van der Waals surface area contributed by atoms with Gasteiger partial charge >= 0.3 is 6.18 Å². The maximum Gasteiger partial charge on any atom is 0.417 e. The van der Waals surface area contributed by atoms with Crippen LogP contribution in [0.1, 0.15) is 31.2 Å². The number of hydrogen-bond acceptors (Lipinski definition) is 4. The molecular weight excluding hydrogens is 313 g/mol. The number of nitrogens with one attached hydrogen (secondary N) is 1. The highest BCUT2D eigenvalue weighted by molar-refractivity contribution is 7.99. The average Bonchev–Trinajstić information content (AvgIpc) is 2.79. The van der Waals surface area contributed by atoms with Crippen LogP contribution in [0.3, 0.4) is 0 Å². The maximum atomic E-state index is 12.5. The van der Waals surface area contributed by atoms with Crippen LogP contribution in [0.2, 0.25) is 5.02 Å². The molecule has 108 valence electrons. The highest BCUT2D eigenvalue weighted by Crippen LogP contribution is 2.35. The molecule has 2 aromatic rings. The summed E-state index contributed by atoms with van der Waals surface area (Å²) in [5.74, 6) is 0.864. The minimum Gasteiger partial charge on any atom is -0.262 e. The standard InChI is InChI=1S/C11H10ClF3N4S/c1-5(2)8-17-10(19-18-8)20-9-7(12)3-6(4-16-9)11(13,14)15/h3-5H,1-2H3,(H,17,18,19). The number of nitrogens with zero attached hydrogens (tertiary/aromatic N) is 3. The summed E-state index contributed by atoms with van der Waals surface area (Å²) in [6.45, 7) is 3.89. The second-order valence-corrected chi connectivity index (χ2v) is 5.63. The van der Waals surface area contributed by atoms with Crippen LogP contribution in [0.5, 0.6) is 0 Å². The van der Waals surface area contributed by atoms with Crippen molar-refractivity contribution in [1.82, 2.24) is 20.2 Å². The van der Waals surface area contributed by atoms with Crippen molar-refractivity contribution in [2.45, 2.75) is 36.1 Å². The molecule has 2 heterocycles. The second kappa shape index (κ2) is 5.61. The van der Waals surface area contributed by atoms with Crippen LogP contribution in [-0.2, 0) is 6.18 Å². The van der Waals surface area contributed by atoms with Gasteiger partial charge in [-0.25, -0.2) is 9.97 Å². The highest BCUT2D eigenvalue weighted by Gasteiger charge is 2.31. The maximum absolute atomic E-state index is 12.5. The first-order valence-electron chi connectivity index (χ1n) is 5.60. The van der Waals surface area contributed by atoms with Gasteiger partial charge in [0.05, 0.1) is 10.6 Å². The monoisotopic (exact) mass is 322 g/mol. The summed E-state index contributed by atoms with van der Waals surface area (Å²) in [5, 5.41) is 7.21. The Bertz CT molecular complexity index is 612. The number of alkyl halides is 3. The van der Waals surface area contributed by atoms with Crippen molar-refractivity contribution in [2.75, 3.05) is 0 Å². The lowest BCUT2D eigenvalue weighted by atomic mass is 10.2. The summed E-state index contributed by atoms with van der Waals surface area (Å²) in [4.78, 5) is 7.90. The molecule has 4 nitrogen and oxygen atoms in total. The molecule has 0 aliphatic rings. The molecule has 0 fully saturated rings. The minimum absolute atomic E-state index is 0.0827. The first kappa shape index (κ1) is 15.1. The van der Waals surface area contributed by atoms with Crippen LogP contribution in [0.25, 0.3) is 0 Å². The van der Waals surface area contributed by atoms with Crippen LogP contribution in [-0.4, -0.2) is 20.2 Å². The van der Waals surface area contributed by atoms with Crippen molar-refractivity contribution >= 4 is 23.4 Å². The Morgan fingerprint density at radius 2 is 2.05 bits per heavy atom. The van der Waals surface area contributed by atoms with Gasteiger partial charge in [-0.05, 0) is 17.8 Å². The summed E-state index contributed by atoms with van der Waals surface area (Å²) in [6.07, 6.45) is -3.72. The van der Waals surface area contributed by atoms with E-state index in [0.29, 0.717) is 11.0 Å². The molecule has 0 saturated carbocycles. The van der Waals surface area contributed by atoms with Gasteiger partial charge in [-0.1, -0.05) is 25.4 Å². The molecule has 0 saturated heterocycles. The number of halogens is 4. The SMILES string of the molecule is CC(C)c1nc(Sc2ncc(C(F)(F)F)cc2Cl)n[nH]1. The summed E-state index contributed by atoms with van der Waals surface area (Å²) < 4.78 is 37.5. The Kier molecular flexibility index (Phi) is 4.24. The van der Waals surface area contributed by atoms with Gasteiger partial charge in [0.15, 0.2) is 0 Å². The van der Waals surface area contributed by atoms with Crippen molar-refractivity contribution in [2.24, 2.45) is 0 Å². The summed E-state index contributed by atoms with van der Waals surface area (Å²) >= 11 is 6.81. The number of H-pyrrole nitrogens is 1. The third-order valence-corrected chi connectivity index (χ3v) is 3.64. The zero-order chi connectivity index (χ0) is 14.9. The number of aromatic amines is 1. The molecule has 1 N–H and O–H groups in total. The average molecular weight is 323 g/mol. The third-order valence-electron chi connectivity index (χ3n) is 2.35. The molecule has 0 amide bonds. The molecule has 20 heavy (non-hydrogen) atoms. The van der Waals surface area contributed by atoms with Gasteiger partial charge in [0.25, 0.3) is 0 Å². The predicted molar refractivity (Wildman–Crippen MR) is 68.8 cm³/mol. The van der Waals surface area contributed by atoms with E-state index in [2.05, 4.69) is 20.2 Å². The Morgan fingerprint density at radius 3 is 2.55 bits per heavy atom. The zero-order valence-corrected chi connectivity index (χ0v) is 12.1. The van der Waals surface area contributed by atoms with E-state index in [1.807, 2.05) is 13.8 Å². The highest BCUT2D eigenvalue weighted by atomic mass is 35.5. The van der Waals surface area contributed by atoms with E-state index in [4.69, 9.17) is 11.6 Å². The molecule has 0 radical (unpaired) electrons. The van der Waals surface area contributed by atoms with Crippen molar-refractivity contribution in [3.05, 3.63) is 28.7 Å². The lowest BCUT2D eigenvalue weighted by Crippen LogP contribution is -2.05. The lowest BCUT2D eigenvalue weighted by molar-refractivity contribution is -0.137. The molecule has 9 heteroatoms. The van der Waals surface area contributed by atoms with Crippen LogP contribution in [0.4, 0.5) is 13.2 Å². The zero-order valence-electron chi connectivity index (χ0n) is 10.5. The third kappa shape index (κ3) is 3.43. The quantitative estimate of drug-likeness (QED) is 0.922. The molecule has 0 atom stereocenters. The van der Waals surface area contributed by atoms with Gasteiger partial charge in [-0.3, -0.25) is 5.10 Å². The van der Waals surface area contributed by atoms with E-state index in [1.165, 1.54) is 0 Å². The fourth-order valence-corrected chi connectivity index (χ4v) is 2.26. The van der Waals surface area contributed by atoms with Gasteiger partial charge < -0.3 is 0 Å². The number of hydrogen-bond donors (Lipinski definition) is 1. The van der Waals surface area contributed by atoms with Crippen molar-refractivity contribution in [1.29, 1.82) is 0 Å². The molecule has 2 aromatic heterocycles. The molecule has 0 aliphatic carbocycles. The second-order valence-electron chi connectivity index (χ2n) is 4.27. The van der Waals surface area contributed by atoms with Crippen LogP contribution in [0.15, 0.2) is 22.4 Å². The fourth-order valence-electron chi connectivity index (χ4n) is 1.30. The van der Waals surface area contributed by atoms with E-state index in [1.54, 1.807) is 0 Å². The molecule has 2 rings (SSSR count). The number of pyridine rings is 1. The largest absolute Gasteiger partial charge is 0.417 e. The molecule has 0 bridgehead atoms. The van der Waals surface area contributed by atoms with Crippen LogP contribution >= 0.6 is 23.4 Å². The van der Waals surface area contributed by atoms with Gasteiger partial charge in [0, 0.05) is 12.1 Å². The van der Waals surface area contributed by atoms with Crippen molar-refractivity contribution in [3.63, 3.8) is 0 Å². The molecule has 0 aromatic carbocycles. The minimum atomic E-state index is -4.46. The van der Waals surface area contributed by atoms with E-state index in [-0.39, 0.29) is 16.0 Å². The van der Waals surface area contributed by atoms with E-state index in [0.717, 1.165) is 24.0 Å². The van der Waals surface area contributed by atoms with E-state index < -0.39 is 11.7 Å². The van der Waals surface area contributed by atoms with Crippen LogP contribution < -0.4 is 0 Å². The van der Waals surface area contributed by atoms with E-state index >= 15 is 0 Å². The fraction of sp³-hybridized carbons (Fsp3) is 0.364. The van der Waals surface area contributed by atoms with Crippen molar-refractivity contribution in [3.8, 4) is 0 Å². The molecule has 0 unspecified atom stereocenters. The Morgan fingerprint density at radius 1 is 1.35 bits per heavy atom. The smallest absolute Gasteiger partial charge is 0.262 e. The number of aromatic nitrogens is 4. The van der Waals surface area contributed by atoms with E-state index in [9.17, 15) is 13.2 Å². The summed E-state index contributed by atoms with van der Waals surface area (Å²) in [7, 11) is 0. The predicted octanol–water partition coefficient (Wildman–Crippen LogP) is 4.15. The summed E-state index contributed by atoms with van der Waals surface area (Å²) in [5.41, 5.74) is -0.885. The normalized spacial score (nSPS) is 12.2. The van der Waals surface area contributed by atoms with Gasteiger partial charge in [-0.15, -0.1) is 5.10 Å². The molecule has 0 spiro atoms. The first-order valence-corrected chi connectivity index (χ1v) is 6.79. The Labute approximate surface area is 122 Å². The Balaban J connectivity index is 2.21. The molecule has 0 aliphatic heterocycles. The Hall–Kier alpha value is -1.28. The van der Waals surface area contributed by atoms with Gasteiger partial charge in [0.1, 0.15) is 10.9 Å². The summed E-state index contributed by atoms with van der Waals surface area (Å²) in [6, 6.07) is 0.840. The van der Waals surface area contributed by atoms with Gasteiger partial charge in [0.2, 0.25) is 5.16 Å². The molecular formula is C11H10ClF3N4S.